The lowest BCUT2D eigenvalue weighted by molar-refractivity contribution is 0.574. The van der Waals surface area contributed by atoms with Gasteiger partial charge in [0.2, 0.25) is 0 Å². The summed E-state index contributed by atoms with van der Waals surface area (Å²) in [7, 11) is 0. The molecule has 0 fully saturated rings. The maximum atomic E-state index is 13.7. The molecule has 7 heteroatoms. The lowest BCUT2D eigenvalue weighted by atomic mass is 10.2. The molecule has 148 valence electrons. The van der Waals surface area contributed by atoms with E-state index in [1.54, 1.807) is 28.8 Å². The molecule has 0 amide bonds. The molecule has 0 aliphatic heterocycles. The molecule has 0 radical (unpaired) electrons. The number of nitrogens with one attached hydrogen (secondary N) is 2. The van der Waals surface area contributed by atoms with Crippen LogP contribution in [0.3, 0.4) is 0 Å². The van der Waals surface area contributed by atoms with E-state index in [9.17, 15) is 9.18 Å². The topological polar surface area (TPSA) is 58.4 Å². The molecule has 0 spiro atoms. The Hall–Kier alpha value is -1.90. The molecule has 27 heavy (non-hydrogen) atoms. The number of unbranched alkanes of at least 4 members (excludes halogenated alkanes) is 1. The van der Waals surface area contributed by atoms with Gasteiger partial charge in [-0.25, -0.2) is 9.38 Å². The summed E-state index contributed by atoms with van der Waals surface area (Å²) in [6.45, 7) is 6.41. The summed E-state index contributed by atoms with van der Waals surface area (Å²) in [5.41, 5.74) is 1.59. The van der Waals surface area contributed by atoms with Crippen LogP contribution in [0, 0.1) is 12.7 Å². The molecular weight excluding hydrogens is 458 g/mol. The summed E-state index contributed by atoms with van der Waals surface area (Å²) in [6, 6.07) is 12.0. The van der Waals surface area contributed by atoms with Crippen molar-refractivity contribution in [2.45, 2.75) is 39.8 Å². The molecule has 5 nitrogen and oxygen atoms in total. The van der Waals surface area contributed by atoms with Crippen molar-refractivity contribution in [3.05, 3.63) is 69.9 Å². The van der Waals surface area contributed by atoms with Crippen LogP contribution in [0.2, 0.25) is 0 Å². The average molecular weight is 486 g/mol. The first-order valence-electron chi connectivity index (χ1n) is 9.04. The first-order valence-corrected chi connectivity index (χ1v) is 9.04. The van der Waals surface area contributed by atoms with E-state index in [2.05, 4.69) is 15.6 Å². The van der Waals surface area contributed by atoms with Gasteiger partial charge < -0.3 is 15.2 Å². The molecule has 0 aliphatic carbocycles. The third-order valence-electron chi connectivity index (χ3n) is 4.08. The summed E-state index contributed by atoms with van der Waals surface area (Å²) in [4.78, 5) is 16.3. The van der Waals surface area contributed by atoms with Gasteiger partial charge in [-0.1, -0.05) is 24.3 Å². The summed E-state index contributed by atoms with van der Waals surface area (Å²) in [6.07, 6.45) is 1.80. The standard InChI is InChI=1S/C20H27FN4O.HI/c1-3-22-20(24-15-17-10-4-5-11-18(17)21)23-13-6-7-14-25-16(2)9-8-12-19(25)26;/h4-5,8-12H,3,6-7,13-15H2,1-2H3,(H2,22,23,24);1H. The first kappa shape index (κ1) is 23.1. The quantitative estimate of drug-likeness (QED) is 0.260. The van der Waals surface area contributed by atoms with E-state index in [1.807, 2.05) is 26.0 Å². The largest absolute Gasteiger partial charge is 0.357 e. The molecule has 2 aromatic rings. The Labute approximate surface area is 177 Å². The van der Waals surface area contributed by atoms with Crippen LogP contribution in [0.5, 0.6) is 0 Å². The summed E-state index contributed by atoms with van der Waals surface area (Å²) in [5, 5.41) is 6.42. The second kappa shape index (κ2) is 12.5. The highest BCUT2D eigenvalue weighted by Gasteiger charge is 2.02. The molecule has 1 heterocycles. The molecule has 0 saturated heterocycles. The van der Waals surface area contributed by atoms with E-state index >= 15 is 0 Å². The second-order valence-electron chi connectivity index (χ2n) is 6.08. The van der Waals surface area contributed by atoms with Crippen molar-refractivity contribution >= 4 is 29.9 Å². The van der Waals surface area contributed by atoms with Crippen molar-refractivity contribution < 1.29 is 4.39 Å². The zero-order chi connectivity index (χ0) is 18.8. The van der Waals surface area contributed by atoms with E-state index in [4.69, 9.17) is 0 Å². The minimum atomic E-state index is -0.240. The fourth-order valence-corrected chi connectivity index (χ4v) is 2.64. The Morgan fingerprint density at radius 2 is 1.89 bits per heavy atom. The fourth-order valence-electron chi connectivity index (χ4n) is 2.64. The van der Waals surface area contributed by atoms with E-state index in [0.717, 1.165) is 31.6 Å². The maximum Gasteiger partial charge on any atom is 0.250 e. The van der Waals surface area contributed by atoms with Crippen LogP contribution in [0.4, 0.5) is 4.39 Å². The van der Waals surface area contributed by atoms with Gasteiger partial charge >= 0.3 is 0 Å². The maximum absolute atomic E-state index is 13.7. The zero-order valence-corrected chi connectivity index (χ0v) is 18.2. The number of nitrogens with zero attached hydrogens (tertiary/aromatic N) is 2. The van der Waals surface area contributed by atoms with E-state index < -0.39 is 0 Å². The van der Waals surface area contributed by atoms with Crippen LogP contribution in [-0.4, -0.2) is 23.6 Å². The highest BCUT2D eigenvalue weighted by Crippen LogP contribution is 2.07. The lowest BCUT2D eigenvalue weighted by Gasteiger charge is -2.12. The van der Waals surface area contributed by atoms with Crippen molar-refractivity contribution in [3.63, 3.8) is 0 Å². The zero-order valence-electron chi connectivity index (χ0n) is 15.9. The van der Waals surface area contributed by atoms with E-state index in [0.29, 0.717) is 24.6 Å². The number of hydrogen-bond acceptors (Lipinski definition) is 2. The van der Waals surface area contributed by atoms with Gasteiger partial charge in [0.15, 0.2) is 5.96 Å². The Balaban J connectivity index is 0.00000364. The van der Waals surface area contributed by atoms with Crippen molar-refractivity contribution in [2.24, 2.45) is 4.99 Å². The molecule has 1 aromatic heterocycles. The molecule has 0 saturated carbocycles. The van der Waals surface area contributed by atoms with Crippen LogP contribution in [0.15, 0.2) is 52.3 Å². The van der Waals surface area contributed by atoms with E-state index in [-0.39, 0.29) is 35.4 Å². The smallest absolute Gasteiger partial charge is 0.250 e. The highest BCUT2D eigenvalue weighted by molar-refractivity contribution is 14.0. The number of rotatable bonds is 8. The number of halogens is 2. The Bertz CT molecular complexity index is 792. The van der Waals surface area contributed by atoms with Gasteiger partial charge in [-0.15, -0.1) is 24.0 Å². The minimum absolute atomic E-state index is 0. The molecule has 0 aliphatic rings. The summed E-state index contributed by atoms with van der Waals surface area (Å²) < 4.78 is 15.5. The predicted molar refractivity (Wildman–Crippen MR) is 119 cm³/mol. The number of guanidine groups is 1. The predicted octanol–water partition coefficient (Wildman–Crippen LogP) is 3.45. The third kappa shape index (κ3) is 7.70. The van der Waals surface area contributed by atoms with Crippen LogP contribution in [0.1, 0.15) is 31.0 Å². The van der Waals surface area contributed by atoms with Gasteiger partial charge in [0, 0.05) is 37.0 Å². The van der Waals surface area contributed by atoms with Crippen LogP contribution >= 0.6 is 24.0 Å². The van der Waals surface area contributed by atoms with Gasteiger partial charge in [-0.2, -0.15) is 0 Å². The summed E-state index contributed by atoms with van der Waals surface area (Å²) in [5.74, 6) is 0.430. The fraction of sp³-hybridized carbons (Fsp3) is 0.400. The van der Waals surface area contributed by atoms with Gasteiger partial charge in [0.05, 0.1) is 6.54 Å². The lowest BCUT2D eigenvalue weighted by Crippen LogP contribution is -2.37. The van der Waals surface area contributed by atoms with Gasteiger partial charge in [0.25, 0.3) is 5.56 Å². The van der Waals surface area contributed by atoms with Crippen LogP contribution in [-0.2, 0) is 13.1 Å². The highest BCUT2D eigenvalue weighted by atomic mass is 127. The van der Waals surface area contributed by atoms with Crippen molar-refractivity contribution in [3.8, 4) is 0 Å². The van der Waals surface area contributed by atoms with E-state index in [1.165, 1.54) is 6.07 Å². The average Bonchev–Trinajstić information content (AvgIpc) is 2.62. The molecule has 0 bridgehead atoms. The monoisotopic (exact) mass is 486 g/mol. The Kier molecular flexibility index (Phi) is 10.7. The number of hydrogen-bond donors (Lipinski definition) is 2. The Morgan fingerprint density at radius 1 is 1.11 bits per heavy atom. The third-order valence-corrected chi connectivity index (χ3v) is 4.08. The van der Waals surface area contributed by atoms with Gasteiger partial charge in [-0.05, 0) is 38.8 Å². The molecular formula is C20H28FIN4O. The molecule has 0 unspecified atom stereocenters. The minimum Gasteiger partial charge on any atom is -0.357 e. The van der Waals surface area contributed by atoms with Gasteiger partial charge in [0.1, 0.15) is 5.82 Å². The summed E-state index contributed by atoms with van der Waals surface area (Å²) >= 11 is 0. The van der Waals surface area contributed by atoms with Crippen molar-refractivity contribution in [1.82, 2.24) is 15.2 Å². The number of aromatic nitrogens is 1. The number of benzene rings is 1. The SMILES string of the molecule is CCNC(=NCc1ccccc1F)NCCCCn1c(C)cccc1=O.I. The number of aliphatic imine (C=N–C) groups is 1. The second-order valence-corrected chi connectivity index (χ2v) is 6.08. The normalized spacial score (nSPS) is 11.0. The van der Waals surface area contributed by atoms with Crippen molar-refractivity contribution in [2.75, 3.05) is 13.1 Å². The molecule has 0 atom stereocenters. The van der Waals surface area contributed by atoms with Crippen molar-refractivity contribution in [1.29, 1.82) is 0 Å². The first-order chi connectivity index (χ1) is 12.6. The van der Waals surface area contributed by atoms with Gasteiger partial charge in [-0.3, -0.25) is 4.79 Å². The molecule has 1 aromatic carbocycles. The molecule has 2 rings (SSSR count). The van der Waals surface area contributed by atoms with Crippen LogP contribution < -0.4 is 16.2 Å². The van der Waals surface area contributed by atoms with Crippen LogP contribution in [0.25, 0.3) is 0 Å². The number of aryl methyl sites for hydroxylation is 1. The Morgan fingerprint density at radius 3 is 2.59 bits per heavy atom. The number of pyridine rings is 1. The molecule has 2 N–H and O–H groups in total.